The van der Waals surface area contributed by atoms with Crippen molar-refractivity contribution in [3.05, 3.63) is 75.9 Å². The molecule has 3 nitrogen and oxygen atoms in total. The number of carbonyl (C=O) groups excluding carboxylic acids is 1. The lowest BCUT2D eigenvalue weighted by Crippen LogP contribution is -2.24. The highest BCUT2D eigenvalue weighted by atomic mass is 35.5. The first-order valence-corrected chi connectivity index (χ1v) is 8.11. The van der Waals surface area contributed by atoms with Gasteiger partial charge in [0.1, 0.15) is 0 Å². The number of aromatic carboxylic acids is 1. The third kappa shape index (κ3) is 2.47. The third-order valence-electron chi connectivity index (χ3n) is 4.36. The largest absolute Gasteiger partial charge is 0.545 e. The molecule has 4 heteroatoms. The molecule has 0 unspecified atom stereocenters. The number of hydrogen-bond donors (Lipinski definition) is 0. The van der Waals surface area contributed by atoms with Crippen molar-refractivity contribution in [1.29, 1.82) is 0 Å². The molecule has 0 fully saturated rings. The van der Waals surface area contributed by atoms with E-state index in [4.69, 9.17) is 16.6 Å². The van der Waals surface area contributed by atoms with Crippen LogP contribution in [0.5, 0.6) is 0 Å². The van der Waals surface area contributed by atoms with Gasteiger partial charge in [-0.25, -0.2) is 4.98 Å². The summed E-state index contributed by atoms with van der Waals surface area (Å²) in [6.07, 6.45) is 3.47. The summed E-state index contributed by atoms with van der Waals surface area (Å²) in [6.45, 7) is 0. The van der Waals surface area contributed by atoms with E-state index in [0.29, 0.717) is 22.3 Å². The first kappa shape index (κ1) is 14.9. The maximum Gasteiger partial charge on any atom is 0.0725 e. The van der Waals surface area contributed by atoms with Crippen LogP contribution in [-0.4, -0.2) is 11.0 Å². The van der Waals surface area contributed by atoms with Crippen LogP contribution in [0.4, 0.5) is 0 Å². The van der Waals surface area contributed by atoms with E-state index < -0.39 is 5.97 Å². The van der Waals surface area contributed by atoms with Crippen LogP contribution in [0.1, 0.15) is 33.6 Å². The molecule has 1 aliphatic rings. The number of allylic oxidation sites excluding steroid dienone is 1. The molecule has 3 aromatic rings. The quantitative estimate of drug-likeness (QED) is 0.717. The predicted octanol–water partition coefficient (Wildman–Crippen LogP) is 3.74. The smallest absolute Gasteiger partial charge is 0.0725 e. The summed E-state index contributed by atoms with van der Waals surface area (Å²) in [7, 11) is 0. The highest BCUT2D eigenvalue weighted by Gasteiger charge is 2.23. The van der Waals surface area contributed by atoms with Gasteiger partial charge in [-0.3, -0.25) is 0 Å². The molecule has 4 rings (SSSR count). The molecule has 0 spiro atoms. The van der Waals surface area contributed by atoms with Crippen molar-refractivity contribution in [2.24, 2.45) is 0 Å². The van der Waals surface area contributed by atoms with Crippen molar-refractivity contribution >= 4 is 40.1 Å². The molecule has 1 heterocycles. The van der Waals surface area contributed by atoms with Crippen molar-refractivity contribution in [2.45, 2.75) is 12.8 Å². The molecule has 0 radical (unpaired) electrons. The van der Waals surface area contributed by atoms with E-state index in [1.165, 1.54) is 0 Å². The van der Waals surface area contributed by atoms with Gasteiger partial charge in [-0.05, 0) is 53.8 Å². The number of carboxylic acid groups (broad SMARTS) is 1. The van der Waals surface area contributed by atoms with Crippen molar-refractivity contribution in [2.75, 3.05) is 0 Å². The average molecular weight is 335 g/mol. The fraction of sp³-hybridized carbons (Fsp3) is 0.100. The zero-order valence-corrected chi connectivity index (χ0v) is 13.5. The fourth-order valence-electron chi connectivity index (χ4n) is 3.27. The number of benzene rings is 2. The van der Waals surface area contributed by atoms with Gasteiger partial charge in [0.25, 0.3) is 0 Å². The SMILES string of the molecule is O=C([O-])c1c2c(nc3ccccc13)/C(=C/c1ccc(Cl)cc1)CC2. The number of carboxylic acids is 1. The van der Waals surface area contributed by atoms with Gasteiger partial charge in [0.05, 0.1) is 17.2 Å². The Balaban J connectivity index is 1.92. The summed E-state index contributed by atoms with van der Waals surface area (Å²) in [6, 6.07) is 14.9. The minimum atomic E-state index is -1.14. The lowest BCUT2D eigenvalue weighted by molar-refractivity contribution is -0.254. The predicted molar refractivity (Wildman–Crippen MR) is 93.7 cm³/mol. The molecule has 1 aliphatic carbocycles. The molecule has 0 saturated carbocycles. The topological polar surface area (TPSA) is 53.0 Å². The van der Waals surface area contributed by atoms with E-state index in [2.05, 4.69) is 0 Å². The lowest BCUT2D eigenvalue weighted by Gasteiger charge is -2.13. The Morgan fingerprint density at radius 1 is 1.08 bits per heavy atom. The molecule has 0 bridgehead atoms. The number of carbonyl (C=O) groups is 1. The zero-order chi connectivity index (χ0) is 16.7. The van der Waals surface area contributed by atoms with Crippen LogP contribution in [0.25, 0.3) is 22.6 Å². The van der Waals surface area contributed by atoms with Gasteiger partial charge >= 0.3 is 0 Å². The van der Waals surface area contributed by atoms with Crippen molar-refractivity contribution in [3.63, 3.8) is 0 Å². The highest BCUT2D eigenvalue weighted by Crippen LogP contribution is 2.37. The van der Waals surface area contributed by atoms with E-state index in [0.717, 1.165) is 28.8 Å². The molecule has 118 valence electrons. The number of para-hydroxylation sites is 1. The Morgan fingerprint density at radius 3 is 2.58 bits per heavy atom. The molecule has 0 amide bonds. The number of pyridine rings is 1. The van der Waals surface area contributed by atoms with E-state index >= 15 is 0 Å². The van der Waals surface area contributed by atoms with Gasteiger partial charge in [0, 0.05) is 16.0 Å². The summed E-state index contributed by atoms with van der Waals surface area (Å²) in [5.41, 5.74) is 4.55. The maximum atomic E-state index is 11.7. The van der Waals surface area contributed by atoms with Crippen LogP contribution in [0, 0.1) is 0 Å². The molecule has 1 aromatic heterocycles. The number of aromatic nitrogens is 1. The van der Waals surface area contributed by atoms with Crippen LogP contribution in [0.3, 0.4) is 0 Å². The van der Waals surface area contributed by atoms with Crippen LogP contribution in [0.15, 0.2) is 48.5 Å². The fourth-order valence-corrected chi connectivity index (χ4v) is 3.40. The van der Waals surface area contributed by atoms with E-state index in [-0.39, 0.29) is 5.56 Å². The van der Waals surface area contributed by atoms with Gasteiger partial charge < -0.3 is 9.90 Å². The first-order valence-electron chi connectivity index (χ1n) is 7.73. The van der Waals surface area contributed by atoms with Gasteiger partial charge in [-0.1, -0.05) is 41.9 Å². The van der Waals surface area contributed by atoms with E-state index in [1.807, 2.05) is 48.5 Å². The molecule has 0 aliphatic heterocycles. The van der Waals surface area contributed by atoms with Gasteiger partial charge in [-0.2, -0.15) is 0 Å². The highest BCUT2D eigenvalue weighted by molar-refractivity contribution is 6.30. The molecule has 0 N–H and O–H groups in total. The molecular weight excluding hydrogens is 322 g/mol. The Kier molecular flexibility index (Phi) is 3.58. The van der Waals surface area contributed by atoms with Crippen LogP contribution < -0.4 is 5.11 Å². The van der Waals surface area contributed by atoms with Gasteiger partial charge in [0.15, 0.2) is 0 Å². The Morgan fingerprint density at radius 2 is 1.83 bits per heavy atom. The van der Waals surface area contributed by atoms with Crippen molar-refractivity contribution in [3.8, 4) is 0 Å². The van der Waals surface area contributed by atoms with E-state index in [9.17, 15) is 9.90 Å². The van der Waals surface area contributed by atoms with E-state index in [1.54, 1.807) is 6.07 Å². The standard InChI is InChI=1S/C20H14ClNO2/c21-14-8-5-12(6-9-14)11-13-7-10-16-18(20(23)24)15-3-1-2-4-17(15)22-19(13)16/h1-6,8-9,11H,7,10H2,(H,23,24)/p-1/b13-11+. The Hall–Kier alpha value is -2.65. The van der Waals surface area contributed by atoms with Gasteiger partial charge in [0.2, 0.25) is 0 Å². The molecule has 2 aromatic carbocycles. The molecule has 0 saturated heterocycles. The number of rotatable bonds is 2. The second-order valence-electron chi connectivity index (χ2n) is 5.84. The lowest BCUT2D eigenvalue weighted by atomic mass is 10.0. The molecule has 0 atom stereocenters. The Bertz CT molecular complexity index is 990. The maximum absolute atomic E-state index is 11.7. The second-order valence-corrected chi connectivity index (χ2v) is 6.28. The van der Waals surface area contributed by atoms with Gasteiger partial charge in [-0.15, -0.1) is 0 Å². The minimum Gasteiger partial charge on any atom is -0.545 e. The minimum absolute atomic E-state index is 0.273. The van der Waals surface area contributed by atoms with Crippen molar-refractivity contribution in [1.82, 2.24) is 4.98 Å². The average Bonchev–Trinajstić information content (AvgIpc) is 2.97. The summed E-state index contributed by atoms with van der Waals surface area (Å²) in [4.78, 5) is 16.4. The van der Waals surface area contributed by atoms with Crippen LogP contribution in [-0.2, 0) is 6.42 Å². The Labute approximate surface area is 144 Å². The second kappa shape index (κ2) is 5.77. The summed E-state index contributed by atoms with van der Waals surface area (Å²) < 4.78 is 0. The normalized spacial score (nSPS) is 15.0. The monoisotopic (exact) mass is 334 g/mol. The number of nitrogens with zero attached hydrogens (tertiary/aromatic N) is 1. The number of fused-ring (bicyclic) bond motifs is 2. The molecule has 24 heavy (non-hydrogen) atoms. The zero-order valence-electron chi connectivity index (χ0n) is 12.8. The van der Waals surface area contributed by atoms with Crippen LogP contribution in [0.2, 0.25) is 5.02 Å². The first-order chi connectivity index (χ1) is 11.6. The van der Waals surface area contributed by atoms with Crippen LogP contribution >= 0.6 is 11.6 Å². The summed E-state index contributed by atoms with van der Waals surface area (Å²) in [5, 5.41) is 13.0. The summed E-state index contributed by atoms with van der Waals surface area (Å²) in [5.74, 6) is -1.14. The van der Waals surface area contributed by atoms with Crippen molar-refractivity contribution < 1.29 is 9.90 Å². The third-order valence-corrected chi connectivity index (χ3v) is 4.61. The number of hydrogen-bond acceptors (Lipinski definition) is 3. The number of halogens is 1. The summed E-state index contributed by atoms with van der Waals surface area (Å²) >= 11 is 5.93. The molecular formula is C20H13ClNO2-.